The van der Waals surface area contributed by atoms with E-state index in [-0.39, 0.29) is 11.4 Å². The van der Waals surface area contributed by atoms with Crippen molar-refractivity contribution in [3.05, 3.63) is 59.2 Å². The number of carbonyl (C=O) groups excluding carboxylic acids is 1. The minimum atomic E-state index is -0.245. The van der Waals surface area contributed by atoms with Gasteiger partial charge in [0.25, 0.3) is 0 Å². The first-order valence-corrected chi connectivity index (χ1v) is 12.0. The molecule has 5 aliphatic rings. The summed E-state index contributed by atoms with van der Waals surface area (Å²) < 4.78 is 5.03. The van der Waals surface area contributed by atoms with Crippen molar-refractivity contribution in [2.45, 2.75) is 76.5 Å². The predicted octanol–water partition coefficient (Wildman–Crippen LogP) is 6.50. The van der Waals surface area contributed by atoms with Crippen LogP contribution in [0.1, 0.15) is 76.8 Å². The maximum Gasteiger partial charge on any atom is 0.330 e. The van der Waals surface area contributed by atoms with E-state index in [9.17, 15) is 4.79 Å². The van der Waals surface area contributed by atoms with Crippen LogP contribution in [0.5, 0.6) is 0 Å². The largest absolute Gasteiger partial charge is 0.463 e. The number of allylic oxidation sites excluding steroid dienone is 3. The number of ether oxygens (including phenoxy) is 1. The zero-order valence-corrected chi connectivity index (χ0v) is 18.8. The van der Waals surface area contributed by atoms with Gasteiger partial charge in [-0.05, 0) is 110 Å². The molecule has 2 nitrogen and oxygen atoms in total. The van der Waals surface area contributed by atoms with Crippen LogP contribution in [0.3, 0.4) is 0 Å². The van der Waals surface area contributed by atoms with Gasteiger partial charge in [-0.25, -0.2) is 4.79 Å². The molecule has 0 heterocycles. The lowest BCUT2D eigenvalue weighted by Gasteiger charge is -2.57. The van der Waals surface area contributed by atoms with Crippen LogP contribution in [0.25, 0.3) is 0 Å². The summed E-state index contributed by atoms with van der Waals surface area (Å²) in [6, 6.07) is 9.41. The minimum Gasteiger partial charge on any atom is -0.463 e. The molecular weight excluding hydrogens is 368 g/mol. The summed E-state index contributed by atoms with van der Waals surface area (Å²) in [4.78, 5) is 11.7. The molecule has 0 saturated heterocycles. The van der Waals surface area contributed by atoms with Crippen molar-refractivity contribution in [3.63, 3.8) is 0 Å². The summed E-state index contributed by atoms with van der Waals surface area (Å²) in [5.41, 5.74) is 4.94. The van der Waals surface area contributed by atoms with Crippen LogP contribution in [0.15, 0.2) is 48.1 Å². The Bertz CT molecular complexity index is 856. The first-order valence-electron chi connectivity index (χ1n) is 12.0. The van der Waals surface area contributed by atoms with Crippen molar-refractivity contribution < 1.29 is 9.53 Å². The molecule has 30 heavy (non-hydrogen) atoms. The molecule has 5 fully saturated rings. The molecule has 0 amide bonds. The third kappa shape index (κ3) is 3.47. The Morgan fingerprint density at radius 3 is 2.23 bits per heavy atom. The van der Waals surface area contributed by atoms with Gasteiger partial charge < -0.3 is 4.74 Å². The average Bonchev–Trinajstić information content (AvgIpc) is 3.37. The van der Waals surface area contributed by atoms with Gasteiger partial charge in [-0.15, -0.1) is 0 Å². The van der Waals surface area contributed by atoms with Gasteiger partial charge in [0.15, 0.2) is 0 Å². The van der Waals surface area contributed by atoms with Crippen LogP contribution < -0.4 is 0 Å². The Labute approximate surface area is 181 Å². The molecule has 2 atom stereocenters. The highest BCUT2D eigenvalue weighted by Crippen LogP contribution is 2.64. The number of benzene rings is 1. The molecule has 0 N–H and O–H groups in total. The van der Waals surface area contributed by atoms with Crippen molar-refractivity contribution in [2.75, 3.05) is 6.61 Å². The molecular formula is C28H36O2. The Balaban J connectivity index is 1.38. The van der Waals surface area contributed by atoms with Gasteiger partial charge in [0, 0.05) is 6.08 Å². The van der Waals surface area contributed by atoms with Crippen molar-refractivity contribution in [1.29, 1.82) is 0 Å². The van der Waals surface area contributed by atoms with Crippen LogP contribution >= 0.6 is 0 Å². The molecule has 1 aromatic rings. The summed E-state index contributed by atoms with van der Waals surface area (Å²) in [6.07, 6.45) is 16.0. The smallest absolute Gasteiger partial charge is 0.330 e. The highest BCUT2D eigenvalue weighted by molar-refractivity contribution is 5.83. The van der Waals surface area contributed by atoms with E-state index in [1.165, 1.54) is 44.9 Å². The van der Waals surface area contributed by atoms with Crippen LogP contribution in [-0.2, 0) is 20.4 Å². The molecule has 0 aromatic heterocycles. The second kappa shape index (κ2) is 7.39. The van der Waals surface area contributed by atoms with E-state index in [0.29, 0.717) is 17.9 Å². The highest BCUT2D eigenvalue weighted by Gasteiger charge is 2.56. The zero-order chi connectivity index (χ0) is 20.9. The molecule has 5 aliphatic carbocycles. The predicted molar refractivity (Wildman–Crippen MR) is 121 cm³/mol. The van der Waals surface area contributed by atoms with Gasteiger partial charge >= 0.3 is 5.97 Å². The number of hydrogen-bond acceptors (Lipinski definition) is 2. The lowest BCUT2D eigenvalue weighted by molar-refractivity contribution is -0.137. The van der Waals surface area contributed by atoms with Crippen molar-refractivity contribution in [3.8, 4) is 0 Å². The standard InChI is InChI=1S/C28H36O2/c1-4-30-26(29)11-19(2)9-10-23-18-27(23,3)24-7-5-6-8-25(24)28-15-20-12-21(16-28)14-22(13-20)17-28/h5-11,20-23H,4,12-18H2,1-3H3/t20?,21?,22?,23-,27+,28?/m1/s1. The summed E-state index contributed by atoms with van der Waals surface area (Å²) >= 11 is 0. The topological polar surface area (TPSA) is 26.3 Å². The van der Waals surface area contributed by atoms with E-state index < -0.39 is 0 Å². The van der Waals surface area contributed by atoms with Gasteiger partial charge in [0.1, 0.15) is 0 Å². The molecule has 0 spiro atoms. The third-order valence-corrected chi connectivity index (χ3v) is 8.68. The molecule has 1 aromatic carbocycles. The lowest BCUT2D eigenvalue weighted by Crippen LogP contribution is -2.49. The SMILES string of the molecule is CCOC(=O)C=C(C)C=C[C@@H]1C[C@]1(C)c1ccccc1C12CC3CC(CC(C3)C1)C2. The van der Waals surface area contributed by atoms with Gasteiger partial charge in [0.2, 0.25) is 0 Å². The van der Waals surface area contributed by atoms with Gasteiger partial charge in [-0.2, -0.15) is 0 Å². The first kappa shape index (κ1) is 20.1. The Morgan fingerprint density at radius 1 is 1.03 bits per heavy atom. The Kier molecular flexibility index (Phi) is 4.95. The third-order valence-electron chi connectivity index (χ3n) is 8.68. The summed E-state index contributed by atoms with van der Waals surface area (Å²) in [5.74, 6) is 3.23. The van der Waals surface area contributed by atoms with E-state index in [1.54, 1.807) is 17.2 Å². The molecule has 6 rings (SSSR count). The molecule has 4 bridgehead atoms. The van der Waals surface area contributed by atoms with Crippen LogP contribution in [-0.4, -0.2) is 12.6 Å². The lowest BCUT2D eigenvalue weighted by atomic mass is 9.47. The normalized spacial score (nSPS) is 39.5. The van der Waals surface area contributed by atoms with Gasteiger partial charge in [0.05, 0.1) is 6.61 Å². The fourth-order valence-electron chi connectivity index (χ4n) is 7.56. The zero-order valence-electron chi connectivity index (χ0n) is 18.8. The van der Waals surface area contributed by atoms with Crippen LogP contribution in [0.2, 0.25) is 0 Å². The van der Waals surface area contributed by atoms with E-state index in [2.05, 4.69) is 43.3 Å². The maximum atomic E-state index is 11.7. The molecule has 2 heteroatoms. The molecule has 0 unspecified atom stereocenters. The average molecular weight is 405 g/mol. The number of rotatable bonds is 6. The second-order valence-corrected chi connectivity index (χ2v) is 11.0. The van der Waals surface area contributed by atoms with Gasteiger partial charge in [-0.3, -0.25) is 0 Å². The summed E-state index contributed by atoms with van der Waals surface area (Å²) in [5, 5.41) is 0. The minimum absolute atomic E-state index is 0.237. The number of hydrogen-bond donors (Lipinski definition) is 0. The molecule has 0 radical (unpaired) electrons. The first-order chi connectivity index (χ1) is 14.4. The second-order valence-electron chi connectivity index (χ2n) is 11.0. The maximum absolute atomic E-state index is 11.7. The van der Waals surface area contributed by atoms with Crippen LogP contribution in [0.4, 0.5) is 0 Å². The quantitative estimate of drug-likeness (QED) is 0.307. The van der Waals surface area contributed by atoms with Gasteiger partial charge in [-0.1, -0.05) is 43.3 Å². The van der Waals surface area contributed by atoms with E-state index in [0.717, 1.165) is 23.3 Å². The highest BCUT2D eigenvalue weighted by atomic mass is 16.5. The Hall–Kier alpha value is -1.83. The number of carbonyl (C=O) groups is 1. The Morgan fingerprint density at radius 2 is 1.63 bits per heavy atom. The van der Waals surface area contributed by atoms with E-state index >= 15 is 0 Å². The fraction of sp³-hybridized carbons (Fsp3) is 0.607. The molecule has 5 saturated carbocycles. The monoisotopic (exact) mass is 404 g/mol. The molecule has 0 aliphatic heterocycles. The van der Waals surface area contributed by atoms with E-state index in [1.807, 2.05) is 13.8 Å². The summed E-state index contributed by atoms with van der Waals surface area (Å²) in [7, 11) is 0. The fourth-order valence-corrected chi connectivity index (χ4v) is 7.56. The van der Waals surface area contributed by atoms with Crippen molar-refractivity contribution in [1.82, 2.24) is 0 Å². The van der Waals surface area contributed by atoms with Crippen molar-refractivity contribution >= 4 is 5.97 Å². The van der Waals surface area contributed by atoms with E-state index in [4.69, 9.17) is 4.74 Å². The number of esters is 1. The molecule has 160 valence electrons. The van der Waals surface area contributed by atoms with Crippen LogP contribution in [0, 0.1) is 23.7 Å². The van der Waals surface area contributed by atoms with Crippen molar-refractivity contribution in [2.24, 2.45) is 23.7 Å². The summed E-state index contributed by atoms with van der Waals surface area (Å²) in [6.45, 7) is 6.70.